The number of hydrogen-bond acceptors (Lipinski definition) is 9. The molecule has 0 bridgehead atoms. The van der Waals surface area contributed by atoms with Gasteiger partial charge in [0.05, 0.1) is 24.8 Å². The number of unbranched alkanes of at least 4 members (excludes halogenated alkanes) is 1. The van der Waals surface area contributed by atoms with E-state index in [0.717, 1.165) is 18.2 Å². The van der Waals surface area contributed by atoms with Gasteiger partial charge in [0.15, 0.2) is 5.76 Å². The maximum Gasteiger partial charge on any atom is 0.334 e. The van der Waals surface area contributed by atoms with Crippen molar-refractivity contribution in [3.05, 3.63) is 75.7 Å². The Bertz CT molecular complexity index is 1070. The van der Waals surface area contributed by atoms with Gasteiger partial charge in [0.2, 0.25) is 0 Å². The van der Waals surface area contributed by atoms with Gasteiger partial charge in [-0.25, -0.2) is 4.79 Å². The number of methoxy groups -OCH3 is 1. The second-order valence-corrected chi connectivity index (χ2v) is 6.91. The van der Waals surface area contributed by atoms with Crippen molar-refractivity contribution in [2.24, 2.45) is 5.16 Å². The normalized spacial score (nSPS) is 18.2. The Morgan fingerprint density at radius 2 is 2.12 bits per heavy atom. The van der Waals surface area contributed by atoms with Gasteiger partial charge in [-0.15, -0.1) is 10.1 Å². The number of carbonyl (C=O) groups is 1. The Morgan fingerprint density at radius 3 is 2.88 bits per heavy atom. The van der Waals surface area contributed by atoms with Crippen LogP contribution in [0.1, 0.15) is 31.7 Å². The first kappa shape index (κ1) is 22.9. The summed E-state index contributed by atoms with van der Waals surface area (Å²) < 4.78 is 10.7. The summed E-state index contributed by atoms with van der Waals surface area (Å²) in [5.74, 6) is -2.65. The number of hydrogen-bond donors (Lipinski definition) is 0. The molecule has 1 atom stereocenters. The second kappa shape index (κ2) is 10.5. The van der Waals surface area contributed by atoms with E-state index in [0.29, 0.717) is 11.1 Å². The molecule has 1 aliphatic rings. The molecule has 3 rings (SSSR count). The third-order valence-electron chi connectivity index (χ3n) is 4.79. The van der Waals surface area contributed by atoms with Crippen molar-refractivity contribution in [2.45, 2.75) is 32.0 Å². The Labute approximate surface area is 184 Å². The molecule has 0 amide bonds. The van der Waals surface area contributed by atoms with Gasteiger partial charge in [-0.05, 0) is 24.6 Å². The molecule has 1 aliphatic carbocycles. The summed E-state index contributed by atoms with van der Waals surface area (Å²) in [4.78, 5) is 37.9. The summed E-state index contributed by atoms with van der Waals surface area (Å²) in [6, 6.07) is 9.27. The van der Waals surface area contributed by atoms with Crippen molar-refractivity contribution >= 4 is 23.1 Å². The highest BCUT2D eigenvalue weighted by Crippen LogP contribution is 2.35. The molecule has 1 unspecified atom stereocenters. The Hall–Kier alpha value is -3.79. The number of para-hydroxylation sites is 1. The van der Waals surface area contributed by atoms with Crippen LogP contribution in [-0.2, 0) is 23.9 Å². The van der Waals surface area contributed by atoms with Crippen LogP contribution in [0.4, 0.5) is 0 Å². The molecule has 168 valence electrons. The van der Waals surface area contributed by atoms with Crippen LogP contribution in [-0.4, -0.2) is 41.8 Å². The number of carbonyl (C=O) groups excluding carboxylic acids is 1. The topological polar surface area (TPSA) is 122 Å². The summed E-state index contributed by atoms with van der Waals surface area (Å²) in [6.45, 7) is 2.24. The van der Waals surface area contributed by atoms with E-state index >= 15 is 0 Å². The molecule has 32 heavy (non-hydrogen) atoms. The number of oxime groups is 1. The fraction of sp³-hybridized carbons (Fsp3) is 0.318. The molecule has 0 saturated carbocycles. The summed E-state index contributed by atoms with van der Waals surface area (Å²) in [5, 5.41) is 14.9. The predicted octanol–water partition coefficient (Wildman–Crippen LogP) is 3.69. The van der Waals surface area contributed by atoms with Gasteiger partial charge in [0.25, 0.3) is 10.9 Å². The quantitative estimate of drug-likeness (QED) is 0.137. The molecule has 1 aromatic heterocycles. The summed E-state index contributed by atoms with van der Waals surface area (Å²) in [5.41, 5.74) is 1.58. The highest BCUT2D eigenvalue weighted by molar-refractivity contribution is 5.97. The van der Waals surface area contributed by atoms with Crippen LogP contribution < -0.4 is 0 Å². The number of benzene rings is 1. The SMILES string of the molecule is CCCCOC(=O)C1=CC=C(O[N+](=O)[O-])C(OC)(O/N=C/c2cccc3cccnc23)C1. The molecule has 10 heteroatoms. The fourth-order valence-corrected chi connectivity index (χ4v) is 3.11. The molecule has 10 nitrogen and oxygen atoms in total. The minimum Gasteiger partial charge on any atom is -0.462 e. The molecular formula is C22H23N3O7. The van der Waals surface area contributed by atoms with Crippen molar-refractivity contribution in [3.63, 3.8) is 0 Å². The van der Waals surface area contributed by atoms with Gasteiger partial charge in [0.1, 0.15) is 0 Å². The Kier molecular flexibility index (Phi) is 7.50. The maximum absolute atomic E-state index is 12.4. The van der Waals surface area contributed by atoms with E-state index in [9.17, 15) is 14.9 Å². The average molecular weight is 441 g/mol. The van der Waals surface area contributed by atoms with Crippen molar-refractivity contribution in [3.8, 4) is 0 Å². The van der Waals surface area contributed by atoms with Gasteiger partial charge < -0.3 is 14.3 Å². The fourth-order valence-electron chi connectivity index (χ4n) is 3.11. The van der Waals surface area contributed by atoms with Gasteiger partial charge in [-0.3, -0.25) is 9.82 Å². The molecule has 1 aromatic carbocycles. The minimum absolute atomic E-state index is 0.195. The van der Waals surface area contributed by atoms with Gasteiger partial charge in [0, 0.05) is 29.8 Å². The first-order valence-corrected chi connectivity index (χ1v) is 10.0. The van der Waals surface area contributed by atoms with Crippen LogP contribution in [0.3, 0.4) is 0 Å². The van der Waals surface area contributed by atoms with Crippen LogP contribution in [0, 0.1) is 10.1 Å². The van der Waals surface area contributed by atoms with Crippen LogP contribution >= 0.6 is 0 Å². The number of pyridine rings is 1. The van der Waals surface area contributed by atoms with Crippen LogP contribution in [0.5, 0.6) is 0 Å². The zero-order valence-electron chi connectivity index (χ0n) is 17.7. The van der Waals surface area contributed by atoms with Crippen molar-refractivity contribution in [1.82, 2.24) is 4.98 Å². The molecule has 0 saturated heterocycles. The number of rotatable bonds is 10. The standard InChI is InChI=1S/C22H23N3O7/c1-3-4-13-30-21(26)17-10-11-19(31-25(27)28)22(14-17,29-2)32-24-15-18-8-5-7-16-9-6-12-23-20(16)18/h5-12,15H,3-4,13-14H2,1-2H3/b24-15+. The maximum atomic E-state index is 12.4. The molecule has 0 fully saturated rings. The number of allylic oxidation sites excluding steroid dienone is 2. The van der Waals surface area contributed by atoms with E-state index < -0.39 is 16.8 Å². The lowest BCUT2D eigenvalue weighted by Gasteiger charge is -2.32. The molecule has 1 heterocycles. The minimum atomic E-state index is -1.82. The van der Waals surface area contributed by atoms with E-state index in [-0.39, 0.29) is 24.4 Å². The highest BCUT2D eigenvalue weighted by Gasteiger charge is 2.44. The van der Waals surface area contributed by atoms with E-state index in [1.807, 2.05) is 31.2 Å². The van der Waals surface area contributed by atoms with Gasteiger partial charge in [-0.1, -0.05) is 42.8 Å². The molecule has 0 spiro atoms. The van der Waals surface area contributed by atoms with Crippen LogP contribution in [0.15, 0.2) is 65.2 Å². The molecule has 0 radical (unpaired) electrons. The van der Waals surface area contributed by atoms with Gasteiger partial charge >= 0.3 is 5.97 Å². The number of nitrogens with zero attached hydrogens (tertiary/aromatic N) is 3. The largest absolute Gasteiger partial charge is 0.462 e. The van der Waals surface area contributed by atoms with Crippen molar-refractivity contribution < 1.29 is 29.0 Å². The second-order valence-electron chi connectivity index (χ2n) is 6.91. The number of ether oxygens (including phenoxy) is 2. The molecule has 0 N–H and O–H groups in total. The molecule has 2 aromatic rings. The number of fused-ring (bicyclic) bond motifs is 1. The lowest BCUT2D eigenvalue weighted by molar-refractivity contribution is -0.747. The molecule has 0 aliphatic heterocycles. The zero-order chi connectivity index (χ0) is 23.0. The summed E-state index contributed by atoms with van der Waals surface area (Å²) in [6.07, 6.45) is 7.09. The van der Waals surface area contributed by atoms with Crippen molar-refractivity contribution in [1.29, 1.82) is 0 Å². The number of aromatic nitrogens is 1. The monoisotopic (exact) mass is 441 g/mol. The first-order chi connectivity index (χ1) is 15.5. The van der Waals surface area contributed by atoms with Crippen LogP contribution in [0.2, 0.25) is 0 Å². The first-order valence-electron chi connectivity index (χ1n) is 10.0. The van der Waals surface area contributed by atoms with E-state index in [1.54, 1.807) is 12.3 Å². The third-order valence-corrected chi connectivity index (χ3v) is 4.79. The summed E-state index contributed by atoms with van der Waals surface area (Å²) in [7, 11) is 1.28. The number of esters is 1. The molecular weight excluding hydrogens is 418 g/mol. The third kappa shape index (κ3) is 5.27. The summed E-state index contributed by atoms with van der Waals surface area (Å²) >= 11 is 0. The van der Waals surface area contributed by atoms with Crippen LogP contribution in [0.25, 0.3) is 10.9 Å². The smallest absolute Gasteiger partial charge is 0.334 e. The van der Waals surface area contributed by atoms with Crippen molar-refractivity contribution in [2.75, 3.05) is 13.7 Å². The lowest BCUT2D eigenvalue weighted by atomic mass is 9.97. The highest BCUT2D eigenvalue weighted by atomic mass is 17.0. The lowest BCUT2D eigenvalue weighted by Crippen LogP contribution is -2.40. The Morgan fingerprint density at radius 1 is 1.31 bits per heavy atom. The zero-order valence-corrected chi connectivity index (χ0v) is 17.7. The Balaban J connectivity index is 1.85. The predicted molar refractivity (Wildman–Crippen MR) is 115 cm³/mol. The van der Waals surface area contributed by atoms with E-state index in [1.165, 1.54) is 25.5 Å². The average Bonchev–Trinajstić information content (AvgIpc) is 2.80. The van der Waals surface area contributed by atoms with Gasteiger partial charge in [-0.2, -0.15) is 0 Å². The van der Waals surface area contributed by atoms with E-state index in [2.05, 4.69) is 15.0 Å². The van der Waals surface area contributed by atoms with E-state index in [4.69, 9.17) is 14.3 Å².